The summed E-state index contributed by atoms with van der Waals surface area (Å²) in [4.78, 5) is 12.2. The summed E-state index contributed by atoms with van der Waals surface area (Å²) < 4.78 is 34.3. The second kappa shape index (κ2) is 11.0. The Morgan fingerprint density at radius 1 is 1.67 bits per heavy atom. The van der Waals surface area contributed by atoms with Crippen LogP contribution in [-0.2, 0) is 9.74 Å². The van der Waals surface area contributed by atoms with Gasteiger partial charge in [0.2, 0.25) is 0 Å². The number of rotatable bonds is 2. The zero-order chi connectivity index (χ0) is 9.98. The van der Waals surface area contributed by atoms with Crippen LogP contribution in [0.4, 0.5) is 13.3 Å². The van der Waals surface area contributed by atoms with E-state index in [1.54, 1.807) is 0 Å². The van der Waals surface area contributed by atoms with Crippen LogP contribution in [-0.4, -0.2) is 40.3 Å². The van der Waals surface area contributed by atoms with Gasteiger partial charge in [0.15, 0.2) is 0 Å². The molecule has 0 radical (unpaired) electrons. The van der Waals surface area contributed by atoms with E-state index >= 15 is 0 Å². The molecule has 0 aliphatic rings. The van der Waals surface area contributed by atoms with Gasteiger partial charge in [-0.05, 0) is 6.08 Å². The molecule has 0 saturated carbocycles. The van der Waals surface area contributed by atoms with E-state index in [-0.39, 0.29) is 6.08 Å². The molecule has 0 aromatic heterocycles. The van der Waals surface area contributed by atoms with Gasteiger partial charge in [-0.3, -0.25) is 4.94 Å². The van der Waals surface area contributed by atoms with Crippen molar-refractivity contribution in [2.24, 2.45) is 0 Å². The van der Waals surface area contributed by atoms with Crippen molar-refractivity contribution in [3.8, 4) is 0 Å². The van der Waals surface area contributed by atoms with Gasteiger partial charge in [0.1, 0.15) is 0 Å². The van der Waals surface area contributed by atoms with E-state index in [4.69, 9.17) is 0 Å². The monoisotopic (exact) mass is 192 g/mol. The first-order valence-corrected chi connectivity index (χ1v) is 4.78. The molecule has 0 spiro atoms. The third-order valence-corrected chi connectivity index (χ3v) is 0.454. The van der Waals surface area contributed by atoms with E-state index in [1.165, 1.54) is 31.6 Å². The van der Waals surface area contributed by atoms with Crippen LogP contribution in [0.1, 0.15) is 6.92 Å². The summed E-state index contributed by atoms with van der Waals surface area (Å²) in [6.45, 7) is 2.19. The normalized spacial score (nSPS) is 9.58. The molecule has 0 saturated heterocycles. The van der Waals surface area contributed by atoms with Crippen molar-refractivity contribution in [1.82, 2.24) is 0 Å². The number of allylic oxidation sites excluding steroid dienone is 1. The third-order valence-electron chi connectivity index (χ3n) is 0.454. The summed E-state index contributed by atoms with van der Waals surface area (Å²) in [5.41, 5.74) is 0. The smallest absolute Gasteiger partial charge is 0.250 e. The number of carbonyl (C=O) groups is 1. The Morgan fingerprint density at radius 2 is 2.08 bits per heavy atom. The van der Waals surface area contributed by atoms with Crippen molar-refractivity contribution in [1.29, 1.82) is 0 Å². The molecule has 0 fully saturated rings. The molecule has 0 aromatic rings. The Kier molecular flexibility index (Phi) is 13.3. The van der Waals surface area contributed by atoms with Crippen LogP contribution in [0.2, 0.25) is 3.67 Å². The van der Waals surface area contributed by atoms with Gasteiger partial charge in [-0.25, -0.2) is 13.6 Å². The molecule has 6 heteroatoms. The quantitative estimate of drug-likeness (QED) is 0.492. The van der Waals surface area contributed by atoms with Gasteiger partial charge in [0.05, 0.1) is 0 Å². The maximum atomic E-state index is 11.1. The molecule has 66 valence electrons. The molecular weight excluding hydrogens is 184 g/mol. The molecule has 0 aromatic carbocycles. The van der Waals surface area contributed by atoms with Crippen molar-refractivity contribution < 1.29 is 23.0 Å². The van der Waals surface area contributed by atoms with E-state index in [1.807, 2.05) is 0 Å². The van der Waals surface area contributed by atoms with E-state index in [0.29, 0.717) is 6.08 Å². The Morgan fingerprint density at radius 3 is 2.33 bits per heavy atom. The average molecular weight is 192 g/mol. The van der Waals surface area contributed by atoms with Crippen molar-refractivity contribution in [3.63, 3.8) is 0 Å². The van der Waals surface area contributed by atoms with Gasteiger partial charge in [0.25, 0.3) is 6.43 Å². The van der Waals surface area contributed by atoms with Crippen LogP contribution in [0, 0.1) is 0 Å². The minimum Gasteiger partial charge on any atom is -0.250 e. The fraction of sp³-hybridized carbons (Fsp3) is 0.500. The van der Waals surface area contributed by atoms with E-state index in [2.05, 4.69) is 11.9 Å². The Hall–Kier alpha value is 0. The molecule has 0 rings (SSSR count). The maximum Gasteiger partial charge on any atom is 0.372 e. The van der Waals surface area contributed by atoms with E-state index < -0.39 is 12.4 Å². The molecule has 2 nitrogen and oxygen atoms in total. The molecule has 0 amide bonds. The summed E-state index contributed by atoms with van der Waals surface area (Å²) in [5.74, 6) is -1.43. The standard InChI is InChI=1S/C4H3F3O2.C2H5.Na/c5-3(6)1-2-4(8)9-7;1-2;/h1-3H;1H2,2H3;. The molecule has 0 N–H and O–H groups in total. The Bertz CT molecular complexity index is 139. The summed E-state index contributed by atoms with van der Waals surface area (Å²) in [5, 5.41) is 0. The molecule has 0 heterocycles. The number of hydrogen-bond donors (Lipinski definition) is 0. The molecule has 0 aliphatic heterocycles. The van der Waals surface area contributed by atoms with Gasteiger partial charge in [-0.1, -0.05) is 0 Å². The van der Waals surface area contributed by atoms with Crippen LogP contribution >= 0.6 is 0 Å². The SMILES string of the molecule is C[CH2][Na].O=C(C=CC(F)F)OF. The molecule has 0 aliphatic carbocycles. The number of alkyl halides is 2. The van der Waals surface area contributed by atoms with Gasteiger partial charge >= 0.3 is 44.5 Å². The fourth-order valence-electron chi connectivity index (χ4n) is 0.177. The molecular formula is C6H8F3NaO2. The third kappa shape index (κ3) is 16.5. The Balaban J connectivity index is 0. The molecule has 0 atom stereocenters. The van der Waals surface area contributed by atoms with Crippen molar-refractivity contribution in [3.05, 3.63) is 12.2 Å². The minimum atomic E-state index is -2.76. The van der Waals surface area contributed by atoms with Crippen LogP contribution in [0.25, 0.3) is 0 Å². The van der Waals surface area contributed by atoms with Crippen molar-refractivity contribution in [2.75, 3.05) is 0 Å². The van der Waals surface area contributed by atoms with E-state index in [0.717, 1.165) is 0 Å². The van der Waals surface area contributed by atoms with Gasteiger partial charge < -0.3 is 0 Å². The fourth-order valence-corrected chi connectivity index (χ4v) is 0.177. The summed E-state index contributed by atoms with van der Waals surface area (Å²) >= 11 is 1.37. The molecule has 0 bridgehead atoms. The number of carbonyl (C=O) groups excluding carboxylic acids is 1. The van der Waals surface area contributed by atoms with E-state index in [9.17, 15) is 18.1 Å². The molecule has 0 unspecified atom stereocenters. The van der Waals surface area contributed by atoms with Crippen LogP contribution < -0.4 is 0 Å². The van der Waals surface area contributed by atoms with Gasteiger partial charge in [-0.2, -0.15) is 0 Å². The van der Waals surface area contributed by atoms with Crippen LogP contribution in [0.3, 0.4) is 0 Å². The summed E-state index contributed by atoms with van der Waals surface area (Å²) in [7, 11) is 0. The van der Waals surface area contributed by atoms with Gasteiger partial charge in [-0.15, -0.1) is 0 Å². The van der Waals surface area contributed by atoms with Crippen molar-refractivity contribution >= 4 is 33.9 Å². The van der Waals surface area contributed by atoms with Crippen LogP contribution in [0.5, 0.6) is 0 Å². The largest absolute Gasteiger partial charge is 0.372 e. The number of halogens is 3. The minimum absolute atomic E-state index is 0.224. The first-order chi connectivity index (χ1) is 5.58. The maximum absolute atomic E-state index is 11.1. The average Bonchev–Trinajstić information content (AvgIpc) is 2.01. The first kappa shape index (κ1) is 14.5. The zero-order valence-corrected chi connectivity index (χ0v) is 8.89. The Labute approximate surface area is 86.1 Å². The topological polar surface area (TPSA) is 26.3 Å². The first-order valence-electron chi connectivity index (χ1n) is 3.37. The predicted molar refractivity (Wildman–Crippen MR) is 38.6 cm³/mol. The summed E-state index contributed by atoms with van der Waals surface area (Å²) in [6.07, 6.45) is -2.23. The van der Waals surface area contributed by atoms with Gasteiger partial charge in [0, 0.05) is 10.6 Å². The number of hydrogen-bond acceptors (Lipinski definition) is 2. The zero-order valence-electron chi connectivity index (χ0n) is 6.89. The second-order valence-electron chi connectivity index (χ2n) is 1.80. The summed E-state index contributed by atoms with van der Waals surface area (Å²) in [6, 6.07) is 0. The predicted octanol–water partition coefficient (Wildman–Crippen LogP) is 1.83. The molecule has 12 heavy (non-hydrogen) atoms. The van der Waals surface area contributed by atoms with Crippen molar-refractivity contribution in [2.45, 2.75) is 17.0 Å². The second-order valence-corrected chi connectivity index (χ2v) is 3.21. The van der Waals surface area contributed by atoms with Crippen LogP contribution in [0.15, 0.2) is 12.2 Å².